The maximum absolute atomic E-state index is 4.55. The van der Waals surface area contributed by atoms with E-state index in [1.807, 2.05) is 18.2 Å². The fourth-order valence-corrected chi connectivity index (χ4v) is 1.46. The highest BCUT2D eigenvalue weighted by Gasteiger charge is 1.96. The monoisotopic (exact) mass is 186 g/mol. The minimum Gasteiger partial charge on any atom is -0.311 e. The predicted octanol–water partition coefficient (Wildman–Crippen LogP) is 2.34. The minimum absolute atomic E-state index is 0.849. The molecule has 0 spiro atoms. The fourth-order valence-electron chi connectivity index (χ4n) is 1.46. The number of rotatable bonds is 3. The summed E-state index contributed by atoms with van der Waals surface area (Å²) < 4.78 is 0. The van der Waals surface area contributed by atoms with Crippen LogP contribution < -0.4 is 5.32 Å². The molecule has 72 valence electrons. The number of aromatic nitrogens is 1. The number of hydrogen-bond acceptors (Lipinski definition) is 2. The molecule has 0 atom stereocenters. The summed E-state index contributed by atoms with van der Waals surface area (Å²) >= 11 is 0. The molecule has 0 aliphatic carbocycles. The number of hydrogen-bond donors (Lipinski definition) is 1. The molecule has 14 heavy (non-hydrogen) atoms. The predicted molar refractivity (Wildman–Crippen MR) is 59.1 cm³/mol. The first-order valence-corrected chi connectivity index (χ1v) is 4.95. The maximum atomic E-state index is 4.55. The van der Waals surface area contributed by atoms with Crippen LogP contribution in [-0.2, 0) is 6.54 Å². The molecule has 2 nitrogen and oxygen atoms in total. The topological polar surface area (TPSA) is 24.9 Å². The van der Waals surface area contributed by atoms with Gasteiger partial charge in [0.15, 0.2) is 0 Å². The van der Waals surface area contributed by atoms with Gasteiger partial charge in [0.05, 0.1) is 11.2 Å². The van der Waals surface area contributed by atoms with Gasteiger partial charge in [-0.2, -0.15) is 0 Å². The molecule has 0 bridgehead atoms. The molecule has 1 aromatic heterocycles. The van der Waals surface area contributed by atoms with Crippen molar-refractivity contribution in [2.75, 3.05) is 6.54 Å². The van der Waals surface area contributed by atoms with Gasteiger partial charge in [-0.05, 0) is 18.7 Å². The molecule has 0 fully saturated rings. The molecule has 0 amide bonds. The van der Waals surface area contributed by atoms with Gasteiger partial charge in [-0.3, -0.25) is 4.98 Å². The van der Waals surface area contributed by atoms with Crippen molar-refractivity contribution in [1.29, 1.82) is 0 Å². The largest absolute Gasteiger partial charge is 0.311 e. The summed E-state index contributed by atoms with van der Waals surface area (Å²) in [5.41, 5.74) is 2.17. The lowest BCUT2D eigenvalue weighted by Crippen LogP contribution is -2.12. The fraction of sp³-hybridized carbons (Fsp3) is 0.250. The Bertz CT molecular complexity index is 423. The van der Waals surface area contributed by atoms with Gasteiger partial charge in [0.2, 0.25) is 0 Å². The summed E-state index contributed by atoms with van der Waals surface area (Å²) in [6.45, 7) is 3.93. The molecular weight excluding hydrogens is 172 g/mol. The van der Waals surface area contributed by atoms with E-state index in [0.717, 1.165) is 24.3 Å². The van der Waals surface area contributed by atoms with Crippen LogP contribution in [0.15, 0.2) is 36.4 Å². The highest BCUT2D eigenvalue weighted by atomic mass is 14.9. The standard InChI is InChI=1S/C12H14N2/c1-2-13-9-11-8-7-10-5-3-4-6-12(10)14-11/h3-8,13H,2,9H2,1H3. The Labute approximate surface area is 84.0 Å². The highest BCUT2D eigenvalue weighted by molar-refractivity contribution is 5.78. The summed E-state index contributed by atoms with van der Waals surface area (Å²) in [7, 11) is 0. The van der Waals surface area contributed by atoms with Crippen LogP contribution in [-0.4, -0.2) is 11.5 Å². The van der Waals surface area contributed by atoms with Gasteiger partial charge in [0.25, 0.3) is 0 Å². The first kappa shape index (κ1) is 9.16. The summed E-state index contributed by atoms with van der Waals surface area (Å²) in [4.78, 5) is 4.55. The van der Waals surface area contributed by atoms with Gasteiger partial charge in [-0.1, -0.05) is 31.2 Å². The van der Waals surface area contributed by atoms with E-state index in [1.54, 1.807) is 0 Å². The summed E-state index contributed by atoms with van der Waals surface area (Å²) in [5, 5.41) is 4.47. The van der Waals surface area contributed by atoms with Crippen molar-refractivity contribution in [3.63, 3.8) is 0 Å². The third-order valence-electron chi connectivity index (χ3n) is 2.21. The van der Waals surface area contributed by atoms with Crippen molar-refractivity contribution in [1.82, 2.24) is 10.3 Å². The summed E-state index contributed by atoms with van der Waals surface area (Å²) in [5.74, 6) is 0. The van der Waals surface area contributed by atoms with Gasteiger partial charge in [0, 0.05) is 11.9 Å². The molecule has 0 unspecified atom stereocenters. The van der Waals surface area contributed by atoms with Crippen molar-refractivity contribution in [2.45, 2.75) is 13.5 Å². The third-order valence-corrected chi connectivity index (χ3v) is 2.21. The van der Waals surface area contributed by atoms with Gasteiger partial charge in [0.1, 0.15) is 0 Å². The second-order valence-corrected chi connectivity index (χ2v) is 3.28. The van der Waals surface area contributed by atoms with E-state index >= 15 is 0 Å². The molecule has 0 saturated carbocycles. The first-order valence-electron chi connectivity index (χ1n) is 4.95. The lowest BCUT2D eigenvalue weighted by molar-refractivity contribution is 0.713. The van der Waals surface area contributed by atoms with E-state index in [2.05, 4.69) is 35.4 Å². The Kier molecular flexibility index (Phi) is 2.75. The summed E-state index contributed by atoms with van der Waals surface area (Å²) in [6, 6.07) is 12.4. The molecule has 2 aromatic rings. The zero-order valence-corrected chi connectivity index (χ0v) is 8.33. The van der Waals surface area contributed by atoms with Gasteiger partial charge < -0.3 is 5.32 Å². The summed E-state index contributed by atoms with van der Waals surface area (Å²) in [6.07, 6.45) is 0. The van der Waals surface area contributed by atoms with Crippen LogP contribution in [0.1, 0.15) is 12.6 Å². The van der Waals surface area contributed by atoms with Gasteiger partial charge in [-0.15, -0.1) is 0 Å². The quantitative estimate of drug-likeness (QED) is 0.795. The van der Waals surface area contributed by atoms with Gasteiger partial charge >= 0.3 is 0 Å². The van der Waals surface area contributed by atoms with Crippen molar-refractivity contribution in [3.8, 4) is 0 Å². The molecular formula is C12H14N2. The minimum atomic E-state index is 0.849. The second kappa shape index (κ2) is 4.20. The molecule has 1 heterocycles. The molecule has 2 rings (SSSR count). The van der Waals surface area contributed by atoms with Crippen molar-refractivity contribution >= 4 is 10.9 Å². The Balaban J connectivity index is 2.32. The molecule has 1 N–H and O–H groups in total. The highest BCUT2D eigenvalue weighted by Crippen LogP contribution is 2.11. The van der Waals surface area contributed by atoms with Crippen LogP contribution in [0.3, 0.4) is 0 Å². The van der Waals surface area contributed by atoms with Crippen LogP contribution >= 0.6 is 0 Å². The van der Waals surface area contributed by atoms with Crippen molar-refractivity contribution < 1.29 is 0 Å². The number of nitrogens with one attached hydrogen (secondary N) is 1. The number of benzene rings is 1. The average Bonchev–Trinajstić information content (AvgIpc) is 2.26. The van der Waals surface area contributed by atoms with E-state index in [4.69, 9.17) is 0 Å². The Morgan fingerprint density at radius 1 is 1.14 bits per heavy atom. The molecule has 1 aromatic carbocycles. The Morgan fingerprint density at radius 2 is 2.00 bits per heavy atom. The van der Waals surface area contributed by atoms with E-state index < -0.39 is 0 Å². The molecule has 0 aliphatic rings. The lowest BCUT2D eigenvalue weighted by Gasteiger charge is -2.02. The van der Waals surface area contributed by atoms with E-state index in [0.29, 0.717) is 0 Å². The smallest absolute Gasteiger partial charge is 0.0705 e. The van der Waals surface area contributed by atoms with Crippen molar-refractivity contribution in [3.05, 3.63) is 42.1 Å². The van der Waals surface area contributed by atoms with Crippen LogP contribution in [0.4, 0.5) is 0 Å². The van der Waals surface area contributed by atoms with Crippen LogP contribution in [0.25, 0.3) is 10.9 Å². The SMILES string of the molecule is CCNCc1ccc2ccccc2n1. The number of fused-ring (bicyclic) bond motifs is 1. The maximum Gasteiger partial charge on any atom is 0.0705 e. The Hall–Kier alpha value is -1.41. The number of pyridine rings is 1. The van der Waals surface area contributed by atoms with Crippen LogP contribution in [0, 0.1) is 0 Å². The van der Waals surface area contributed by atoms with Gasteiger partial charge in [-0.25, -0.2) is 0 Å². The van der Waals surface area contributed by atoms with E-state index in [9.17, 15) is 0 Å². The molecule has 0 radical (unpaired) electrons. The van der Waals surface area contributed by atoms with Crippen LogP contribution in [0.5, 0.6) is 0 Å². The van der Waals surface area contributed by atoms with Crippen LogP contribution in [0.2, 0.25) is 0 Å². The molecule has 0 saturated heterocycles. The average molecular weight is 186 g/mol. The Morgan fingerprint density at radius 3 is 2.86 bits per heavy atom. The number of nitrogens with zero attached hydrogens (tertiary/aromatic N) is 1. The zero-order chi connectivity index (χ0) is 9.80. The third kappa shape index (κ3) is 1.91. The second-order valence-electron chi connectivity index (χ2n) is 3.28. The zero-order valence-electron chi connectivity index (χ0n) is 8.33. The molecule has 0 aliphatic heterocycles. The van der Waals surface area contributed by atoms with E-state index in [1.165, 1.54) is 5.39 Å². The van der Waals surface area contributed by atoms with E-state index in [-0.39, 0.29) is 0 Å². The lowest BCUT2D eigenvalue weighted by atomic mass is 10.2. The first-order chi connectivity index (χ1) is 6.90. The normalized spacial score (nSPS) is 10.6. The van der Waals surface area contributed by atoms with Crippen molar-refractivity contribution in [2.24, 2.45) is 0 Å². The number of para-hydroxylation sites is 1. The molecule has 2 heteroatoms.